The molecule has 1 aliphatic heterocycles. The number of carbonyl (C=O) groups excluding carboxylic acids is 1. The first-order chi connectivity index (χ1) is 13.2. The van der Waals surface area contributed by atoms with Gasteiger partial charge in [-0.25, -0.2) is 0 Å². The first-order valence-electron chi connectivity index (χ1n) is 8.81. The van der Waals surface area contributed by atoms with Crippen molar-refractivity contribution in [3.05, 3.63) is 53.7 Å². The molecule has 0 aromatic heterocycles. The molecule has 2 aliphatic rings. The van der Waals surface area contributed by atoms with E-state index in [-0.39, 0.29) is 36.5 Å². The number of piperidine rings is 1. The normalized spacial score (nSPS) is 27.3. The van der Waals surface area contributed by atoms with Crippen molar-refractivity contribution >= 4 is 35.5 Å². The zero-order valence-corrected chi connectivity index (χ0v) is 16.8. The van der Waals surface area contributed by atoms with Gasteiger partial charge in [-0.15, -0.1) is 25.6 Å². The number of nitrogens with one attached hydrogen (secondary N) is 2. The summed E-state index contributed by atoms with van der Waals surface area (Å²) >= 11 is 6.29. The van der Waals surface area contributed by atoms with Crippen molar-refractivity contribution in [3.63, 3.8) is 0 Å². The molecule has 3 atom stereocenters. The third kappa shape index (κ3) is 6.20. The molecule has 160 valence electrons. The fraction of sp³-hybridized carbons (Fsp3) is 0.421. The Bertz CT molecular complexity index is 787. The first kappa shape index (κ1) is 23.7. The Morgan fingerprint density at radius 2 is 1.97 bits per heavy atom. The van der Waals surface area contributed by atoms with Crippen LogP contribution in [-0.2, 0) is 9.53 Å². The van der Waals surface area contributed by atoms with E-state index in [1.54, 1.807) is 30.3 Å². The van der Waals surface area contributed by atoms with Crippen LogP contribution in [0, 0.1) is 0 Å². The van der Waals surface area contributed by atoms with Crippen molar-refractivity contribution in [1.29, 1.82) is 0 Å². The van der Waals surface area contributed by atoms with E-state index in [1.807, 2.05) is 0 Å². The minimum atomic E-state index is -4.96. The Balaban J connectivity index is 0.00000300. The number of allylic oxidation sites excluding steroid dienone is 2. The lowest BCUT2D eigenvalue weighted by Crippen LogP contribution is -2.50. The minimum absolute atomic E-state index is 0. The quantitative estimate of drug-likeness (QED) is 0.611. The zero-order chi connectivity index (χ0) is 20.4. The number of carbonyl (C=O) groups is 1. The third-order valence-electron chi connectivity index (χ3n) is 4.61. The Labute approximate surface area is 177 Å². The van der Waals surface area contributed by atoms with Gasteiger partial charge in [0.2, 0.25) is 5.91 Å². The van der Waals surface area contributed by atoms with Crippen LogP contribution in [0.2, 0.25) is 0 Å². The monoisotopic (exact) mass is 452 g/mol. The molecule has 5 nitrogen and oxygen atoms in total. The molecule has 0 spiro atoms. The second kappa shape index (κ2) is 9.49. The highest BCUT2D eigenvalue weighted by Gasteiger charge is 2.47. The summed E-state index contributed by atoms with van der Waals surface area (Å²) in [5.41, 5.74) is 0.836. The molecule has 29 heavy (non-hydrogen) atoms. The van der Waals surface area contributed by atoms with Crippen LogP contribution >= 0.6 is 24.0 Å². The van der Waals surface area contributed by atoms with Crippen LogP contribution in [0.1, 0.15) is 24.8 Å². The maximum Gasteiger partial charge on any atom is 0.524 e. The Kier molecular flexibility index (Phi) is 7.75. The molecule has 1 heterocycles. The third-order valence-corrected chi connectivity index (χ3v) is 5.02. The maximum absolute atomic E-state index is 13.0. The van der Waals surface area contributed by atoms with Crippen molar-refractivity contribution in [2.24, 2.45) is 0 Å². The topological polar surface area (TPSA) is 70.6 Å². The van der Waals surface area contributed by atoms with Gasteiger partial charge < -0.3 is 15.7 Å². The molecule has 1 unspecified atom stereocenters. The molecule has 1 aromatic carbocycles. The van der Waals surface area contributed by atoms with Gasteiger partial charge in [-0.1, -0.05) is 48.0 Å². The van der Waals surface area contributed by atoms with Crippen molar-refractivity contribution in [3.8, 4) is 0 Å². The van der Waals surface area contributed by atoms with Crippen LogP contribution in [0.3, 0.4) is 0 Å². The summed E-state index contributed by atoms with van der Waals surface area (Å²) in [6.45, 7) is 0.479. The van der Waals surface area contributed by atoms with E-state index in [1.165, 1.54) is 12.2 Å². The van der Waals surface area contributed by atoms with Gasteiger partial charge in [-0.2, -0.15) is 0 Å². The molecule has 1 saturated heterocycles. The number of benzene rings is 1. The molecule has 1 aliphatic carbocycles. The standard InChI is InChI=1S/C19H20ClF3N2O3.ClH/c20-18(28-19(21,22)23)11-13(6-7-15(18)12-4-2-1-3-5-12)25-17(27)16-10-14(26)8-9-24-16;/h1-7,14,16,24,26H,8-11H2,(H,25,27);1H/t14-,16+,18?;/m0./s1. The molecular formula is C19H21Cl2F3N2O3. The van der Waals surface area contributed by atoms with Gasteiger partial charge in [0.1, 0.15) is 0 Å². The molecule has 3 N–H and O–H groups in total. The fourth-order valence-electron chi connectivity index (χ4n) is 3.34. The number of alkyl halides is 4. The average Bonchev–Trinajstić information content (AvgIpc) is 2.60. The van der Waals surface area contributed by atoms with Crippen molar-refractivity contribution < 1.29 is 27.8 Å². The number of ether oxygens (including phenoxy) is 1. The van der Waals surface area contributed by atoms with E-state index in [0.717, 1.165) is 0 Å². The highest BCUT2D eigenvalue weighted by atomic mass is 35.5. The number of hydrogen-bond donors (Lipinski definition) is 3. The predicted molar refractivity (Wildman–Crippen MR) is 105 cm³/mol. The highest BCUT2D eigenvalue weighted by Crippen LogP contribution is 2.45. The molecule has 0 bridgehead atoms. The summed E-state index contributed by atoms with van der Waals surface area (Å²) in [4.78, 5) is 12.4. The van der Waals surface area contributed by atoms with Gasteiger partial charge in [-0.05, 0) is 31.0 Å². The zero-order valence-electron chi connectivity index (χ0n) is 15.2. The summed E-state index contributed by atoms with van der Waals surface area (Å²) in [6, 6.07) is 7.74. The number of halogens is 5. The van der Waals surface area contributed by atoms with Crippen molar-refractivity contribution in [1.82, 2.24) is 10.6 Å². The van der Waals surface area contributed by atoms with Crippen LogP contribution in [0.15, 0.2) is 48.2 Å². The van der Waals surface area contributed by atoms with E-state index in [4.69, 9.17) is 11.6 Å². The largest absolute Gasteiger partial charge is 0.524 e. The lowest BCUT2D eigenvalue weighted by Gasteiger charge is -2.34. The Hall–Kier alpha value is -1.58. The Morgan fingerprint density at radius 1 is 1.28 bits per heavy atom. The van der Waals surface area contributed by atoms with E-state index >= 15 is 0 Å². The summed E-state index contributed by atoms with van der Waals surface area (Å²) < 4.78 is 43.3. The summed E-state index contributed by atoms with van der Waals surface area (Å²) in [5.74, 6) is -0.437. The van der Waals surface area contributed by atoms with Crippen LogP contribution in [0.25, 0.3) is 5.57 Å². The smallest absolute Gasteiger partial charge is 0.393 e. The van der Waals surface area contributed by atoms with Crippen LogP contribution in [0.4, 0.5) is 13.2 Å². The van der Waals surface area contributed by atoms with Crippen molar-refractivity contribution in [2.75, 3.05) is 6.54 Å². The van der Waals surface area contributed by atoms with Gasteiger partial charge in [0.05, 0.1) is 12.1 Å². The lowest BCUT2D eigenvalue weighted by molar-refractivity contribution is -0.342. The average molecular weight is 453 g/mol. The lowest BCUT2D eigenvalue weighted by atomic mass is 9.92. The summed E-state index contributed by atoms with van der Waals surface area (Å²) in [7, 11) is 0. The van der Waals surface area contributed by atoms with Crippen LogP contribution in [0.5, 0.6) is 0 Å². The molecular weight excluding hydrogens is 432 g/mol. The maximum atomic E-state index is 13.0. The predicted octanol–water partition coefficient (Wildman–Crippen LogP) is 3.48. The fourth-order valence-corrected chi connectivity index (χ4v) is 3.74. The van der Waals surface area contributed by atoms with E-state index < -0.39 is 29.5 Å². The van der Waals surface area contributed by atoms with Crippen LogP contribution < -0.4 is 10.6 Å². The Morgan fingerprint density at radius 3 is 2.59 bits per heavy atom. The summed E-state index contributed by atoms with van der Waals surface area (Å²) in [5, 5.41) is 13.1. The molecule has 1 fully saturated rings. The van der Waals surface area contributed by atoms with Gasteiger partial charge in [-0.3, -0.25) is 9.53 Å². The van der Waals surface area contributed by atoms with Crippen molar-refractivity contribution in [2.45, 2.75) is 42.8 Å². The van der Waals surface area contributed by atoms with Gasteiger partial charge >= 0.3 is 6.36 Å². The van der Waals surface area contributed by atoms with E-state index in [2.05, 4.69) is 15.4 Å². The first-order valence-corrected chi connectivity index (χ1v) is 9.19. The SMILES string of the molecule is Cl.O=C(NC1=CC=C(c2ccccc2)C(Cl)(OC(F)(F)F)C1)[C@H]1C[C@@H](O)CCN1. The molecule has 1 aromatic rings. The highest BCUT2D eigenvalue weighted by molar-refractivity contribution is 6.29. The number of aliphatic hydroxyl groups is 1. The number of amides is 1. The molecule has 0 radical (unpaired) electrons. The molecule has 10 heteroatoms. The van der Waals surface area contributed by atoms with Gasteiger partial charge in [0.25, 0.3) is 0 Å². The number of aliphatic hydroxyl groups excluding tert-OH is 1. The molecule has 3 rings (SSSR count). The second-order valence-corrected chi connectivity index (χ2v) is 7.38. The van der Waals surface area contributed by atoms with E-state index in [0.29, 0.717) is 18.5 Å². The number of rotatable bonds is 4. The molecule has 0 saturated carbocycles. The number of hydrogen-bond acceptors (Lipinski definition) is 4. The second-order valence-electron chi connectivity index (χ2n) is 6.77. The van der Waals surface area contributed by atoms with Crippen LogP contribution in [-0.4, -0.2) is 41.1 Å². The minimum Gasteiger partial charge on any atom is -0.393 e. The van der Waals surface area contributed by atoms with E-state index in [9.17, 15) is 23.1 Å². The van der Waals surface area contributed by atoms with Gasteiger partial charge in [0, 0.05) is 17.7 Å². The summed E-state index contributed by atoms with van der Waals surface area (Å²) in [6.07, 6.45) is -2.24. The molecule has 1 amide bonds. The van der Waals surface area contributed by atoms with Gasteiger partial charge in [0.15, 0.2) is 5.06 Å².